The fourth-order valence-corrected chi connectivity index (χ4v) is 1.95. The maximum Gasteiger partial charge on any atom is 0.148 e. The van der Waals surface area contributed by atoms with Gasteiger partial charge in [0.2, 0.25) is 0 Å². The van der Waals surface area contributed by atoms with E-state index >= 15 is 0 Å². The summed E-state index contributed by atoms with van der Waals surface area (Å²) in [6, 6.07) is 5.13. The highest BCUT2D eigenvalue weighted by Gasteiger charge is 2.25. The molecule has 1 N–H and O–H groups in total. The highest BCUT2D eigenvalue weighted by Crippen LogP contribution is 2.27. The molecule has 1 aliphatic rings. The second-order valence-corrected chi connectivity index (χ2v) is 4.58. The molecule has 0 saturated heterocycles. The van der Waals surface area contributed by atoms with E-state index in [9.17, 15) is 9.50 Å². The number of aromatic hydroxyl groups is 1. The summed E-state index contributed by atoms with van der Waals surface area (Å²) in [5.74, 6) is 0.0918. The zero-order chi connectivity index (χ0) is 14.9. The third-order valence-electron chi connectivity index (χ3n) is 3.15. The van der Waals surface area contributed by atoms with Crippen LogP contribution in [0.1, 0.15) is 18.1 Å². The minimum absolute atomic E-state index is 0.0428. The van der Waals surface area contributed by atoms with E-state index in [0.717, 1.165) is 11.6 Å². The summed E-state index contributed by atoms with van der Waals surface area (Å²) < 4.78 is 14.1. The molecule has 5 heteroatoms. The number of nitrogens with zero attached hydrogens (tertiary/aromatic N) is 3. The molecule has 20 heavy (non-hydrogen) atoms. The van der Waals surface area contributed by atoms with Gasteiger partial charge in [0.05, 0.1) is 0 Å². The van der Waals surface area contributed by atoms with Gasteiger partial charge >= 0.3 is 0 Å². The van der Waals surface area contributed by atoms with E-state index in [1.165, 1.54) is 0 Å². The Morgan fingerprint density at radius 2 is 2.05 bits per heavy atom. The summed E-state index contributed by atoms with van der Waals surface area (Å²) in [7, 11) is 1.69. The molecule has 0 aliphatic carbocycles. The average molecular weight is 273 g/mol. The molecule has 0 radical (unpaired) electrons. The molecule has 1 heterocycles. The topological polar surface area (TPSA) is 48.2 Å². The standard InChI is InChI=1S/C15H16FN3O/c1-5-12(16)15-14(18-17-10(3)19(15)4)11-7-6-9(2)8-13(11)20/h5-8,20H,1H2,2-4H3/b15-12+. The number of amidine groups is 1. The SMILES string of the molecule is C=C/C(F)=C1/C(c2ccc(C)cc2O)=NN=C(C)N1C. The Bertz CT molecular complexity index is 659. The number of halogens is 1. The van der Waals surface area contributed by atoms with Crippen LogP contribution in [0.2, 0.25) is 0 Å². The summed E-state index contributed by atoms with van der Waals surface area (Å²) in [4.78, 5) is 1.58. The maximum atomic E-state index is 14.1. The van der Waals surface area contributed by atoms with Crippen LogP contribution < -0.4 is 0 Å². The van der Waals surface area contributed by atoms with Gasteiger partial charge in [-0.25, -0.2) is 4.39 Å². The lowest BCUT2D eigenvalue weighted by Crippen LogP contribution is -2.32. The molecule has 1 aromatic rings. The van der Waals surface area contributed by atoms with Crippen molar-refractivity contribution in [3.63, 3.8) is 0 Å². The minimum atomic E-state index is -0.513. The first kappa shape index (κ1) is 14.0. The highest BCUT2D eigenvalue weighted by atomic mass is 19.1. The average Bonchev–Trinajstić information content (AvgIpc) is 2.41. The maximum absolute atomic E-state index is 14.1. The van der Waals surface area contributed by atoms with Crippen LogP contribution in [0.15, 0.2) is 52.6 Å². The Morgan fingerprint density at radius 3 is 2.65 bits per heavy atom. The van der Waals surface area contributed by atoms with Gasteiger partial charge in [-0.2, -0.15) is 0 Å². The van der Waals surface area contributed by atoms with E-state index in [4.69, 9.17) is 0 Å². The van der Waals surface area contributed by atoms with Crippen molar-refractivity contribution in [2.45, 2.75) is 13.8 Å². The zero-order valence-corrected chi connectivity index (χ0v) is 11.7. The third kappa shape index (κ3) is 2.34. The zero-order valence-electron chi connectivity index (χ0n) is 11.7. The molecule has 4 nitrogen and oxygen atoms in total. The van der Waals surface area contributed by atoms with Gasteiger partial charge in [-0.3, -0.25) is 0 Å². The largest absolute Gasteiger partial charge is 0.507 e. The Hall–Kier alpha value is -2.43. The second-order valence-electron chi connectivity index (χ2n) is 4.58. The molecule has 0 unspecified atom stereocenters. The Balaban J connectivity index is 2.66. The van der Waals surface area contributed by atoms with Crippen molar-refractivity contribution in [2.75, 3.05) is 7.05 Å². The number of allylic oxidation sites excluding steroid dienone is 3. The van der Waals surface area contributed by atoms with Crippen LogP contribution in [0, 0.1) is 6.92 Å². The quantitative estimate of drug-likeness (QED) is 0.900. The number of benzene rings is 1. The molecule has 0 atom stereocenters. The van der Waals surface area contributed by atoms with Crippen LogP contribution >= 0.6 is 0 Å². The summed E-state index contributed by atoms with van der Waals surface area (Å²) in [5, 5.41) is 18.1. The van der Waals surface area contributed by atoms with Crippen LogP contribution in [-0.4, -0.2) is 28.6 Å². The van der Waals surface area contributed by atoms with Crippen molar-refractivity contribution in [2.24, 2.45) is 10.2 Å². The lowest BCUT2D eigenvalue weighted by molar-refractivity contribution is 0.473. The normalized spacial score (nSPS) is 17.5. The van der Waals surface area contributed by atoms with Crippen LogP contribution in [0.5, 0.6) is 5.75 Å². The summed E-state index contributed by atoms with van der Waals surface area (Å²) >= 11 is 0. The lowest BCUT2D eigenvalue weighted by Gasteiger charge is -2.26. The summed E-state index contributed by atoms with van der Waals surface area (Å²) in [6.45, 7) is 7.03. The molecule has 0 spiro atoms. The monoisotopic (exact) mass is 273 g/mol. The summed E-state index contributed by atoms with van der Waals surface area (Å²) in [6.07, 6.45) is 1.12. The first-order chi connectivity index (χ1) is 9.45. The predicted octanol–water partition coefficient (Wildman–Crippen LogP) is 3.14. The van der Waals surface area contributed by atoms with E-state index in [-0.39, 0.29) is 17.2 Å². The molecule has 2 rings (SSSR count). The first-order valence-corrected chi connectivity index (χ1v) is 6.14. The number of hydrogen-bond donors (Lipinski definition) is 1. The van der Waals surface area contributed by atoms with Crippen molar-refractivity contribution in [1.82, 2.24) is 4.90 Å². The molecule has 104 valence electrons. The van der Waals surface area contributed by atoms with Gasteiger partial charge in [0, 0.05) is 12.6 Å². The fraction of sp³-hybridized carbons (Fsp3) is 0.200. The Labute approximate surface area is 117 Å². The van der Waals surface area contributed by atoms with Gasteiger partial charge in [-0.15, -0.1) is 10.2 Å². The second kappa shape index (κ2) is 5.28. The van der Waals surface area contributed by atoms with Crippen molar-refractivity contribution in [3.05, 3.63) is 53.5 Å². The van der Waals surface area contributed by atoms with E-state index in [0.29, 0.717) is 11.4 Å². The summed E-state index contributed by atoms with van der Waals surface area (Å²) in [5.41, 5.74) is 1.87. The highest BCUT2D eigenvalue weighted by molar-refractivity contribution is 6.17. The van der Waals surface area contributed by atoms with Gasteiger partial charge < -0.3 is 10.0 Å². The number of aryl methyl sites for hydroxylation is 1. The van der Waals surface area contributed by atoms with Crippen molar-refractivity contribution < 1.29 is 9.50 Å². The molecule has 0 aromatic heterocycles. The minimum Gasteiger partial charge on any atom is -0.507 e. The molecular weight excluding hydrogens is 257 g/mol. The predicted molar refractivity (Wildman–Crippen MR) is 78.6 cm³/mol. The molecule has 0 amide bonds. The number of likely N-dealkylation sites (N-methyl/N-ethyl adjacent to an activating group) is 1. The third-order valence-corrected chi connectivity index (χ3v) is 3.15. The Morgan fingerprint density at radius 1 is 1.35 bits per heavy atom. The molecule has 1 aromatic carbocycles. The number of rotatable bonds is 2. The van der Waals surface area contributed by atoms with Crippen LogP contribution in [0.3, 0.4) is 0 Å². The van der Waals surface area contributed by atoms with Gasteiger partial charge in [0.25, 0.3) is 0 Å². The van der Waals surface area contributed by atoms with Gasteiger partial charge in [0.15, 0.2) is 0 Å². The molecule has 0 fully saturated rings. The molecular formula is C15H16FN3O. The van der Waals surface area contributed by atoms with E-state index in [1.807, 2.05) is 13.0 Å². The van der Waals surface area contributed by atoms with Gasteiger partial charge in [0.1, 0.15) is 28.8 Å². The van der Waals surface area contributed by atoms with E-state index in [2.05, 4.69) is 16.8 Å². The van der Waals surface area contributed by atoms with Crippen LogP contribution in [-0.2, 0) is 0 Å². The van der Waals surface area contributed by atoms with E-state index < -0.39 is 5.83 Å². The van der Waals surface area contributed by atoms with Crippen molar-refractivity contribution >= 4 is 11.5 Å². The van der Waals surface area contributed by atoms with Crippen LogP contribution in [0.4, 0.5) is 4.39 Å². The first-order valence-electron chi connectivity index (χ1n) is 6.14. The van der Waals surface area contributed by atoms with E-state index in [1.54, 1.807) is 31.0 Å². The number of phenolic OH excluding ortho intramolecular Hbond substituents is 1. The van der Waals surface area contributed by atoms with Crippen molar-refractivity contribution in [1.29, 1.82) is 0 Å². The molecule has 0 saturated carbocycles. The fourth-order valence-electron chi connectivity index (χ4n) is 1.95. The molecule has 0 bridgehead atoms. The molecule has 1 aliphatic heterocycles. The van der Waals surface area contributed by atoms with Crippen LogP contribution in [0.25, 0.3) is 0 Å². The number of phenols is 1. The Kier molecular flexibility index (Phi) is 3.70. The smallest absolute Gasteiger partial charge is 0.148 e. The number of hydrogen-bond acceptors (Lipinski definition) is 4. The van der Waals surface area contributed by atoms with Gasteiger partial charge in [-0.1, -0.05) is 12.6 Å². The van der Waals surface area contributed by atoms with Gasteiger partial charge in [-0.05, 0) is 37.6 Å². The van der Waals surface area contributed by atoms with Crippen molar-refractivity contribution in [3.8, 4) is 5.75 Å². The lowest BCUT2D eigenvalue weighted by atomic mass is 10.0.